The summed E-state index contributed by atoms with van der Waals surface area (Å²) in [6.07, 6.45) is 4.18. The monoisotopic (exact) mass is 154 g/mol. The molecule has 0 saturated carbocycles. The second kappa shape index (κ2) is 5.47. The molecule has 0 aromatic heterocycles. The van der Waals surface area contributed by atoms with Crippen molar-refractivity contribution in [2.45, 2.75) is 0 Å². The molecule has 0 aliphatic rings. The molecule has 0 spiro atoms. The number of allylic oxidation sites excluding steroid dienone is 3. The fourth-order valence-electron chi connectivity index (χ4n) is 0.397. The third kappa shape index (κ3) is 6.58. The topological polar surface area (TPSA) is 9.23 Å². The summed E-state index contributed by atoms with van der Waals surface area (Å²) >= 11 is 0. The first-order valence-corrected chi connectivity index (χ1v) is 3.12. The Balaban J connectivity index is 3.68. The molecular weight excluding hydrogens is 143 g/mol. The summed E-state index contributed by atoms with van der Waals surface area (Å²) in [4.78, 5) is 0. The molecule has 0 N–H and O–H groups in total. The van der Waals surface area contributed by atoms with Gasteiger partial charge in [-0.1, -0.05) is 25.8 Å². The van der Waals surface area contributed by atoms with Gasteiger partial charge in [0, 0.05) is 0 Å². The van der Waals surface area contributed by atoms with Crippen molar-refractivity contribution in [3.8, 4) is 0 Å². The van der Waals surface area contributed by atoms with E-state index in [-0.39, 0.29) is 0 Å². The summed E-state index contributed by atoms with van der Waals surface area (Å²) in [5.41, 5.74) is 0. The zero-order valence-corrected chi connectivity index (χ0v) is 6.35. The van der Waals surface area contributed by atoms with Gasteiger partial charge in [-0.05, 0) is 12.2 Å². The number of halogens is 1. The minimum Gasteiger partial charge on any atom is -0.490 e. The van der Waals surface area contributed by atoms with Gasteiger partial charge in [0.2, 0.25) is 0 Å². The molecule has 1 nitrogen and oxygen atoms in total. The predicted molar refractivity (Wildman–Crippen MR) is 44.7 cm³/mol. The van der Waals surface area contributed by atoms with Crippen LogP contribution in [0.5, 0.6) is 0 Å². The van der Waals surface area contributed by atoms with Gasteiger partial charge in [0.1, 0.15) is 18.2 Å². The molecule has 0 bridgehead atoms. The first-order valence-electron chi connectivity index (χ1n) is 3.12. The van der Waals surface area contributed by atoms with Crippen molar-refractivity contribution in [3.63, 3.8) is 0 Å². The van der Waals surface area contributed by atoms with Crippen LogP contribution in [0.2, 0.25) is 0 Å². The van der Waals surface area contributed by atoms with Gasteiger partial charge in [-0.2, -0.15) is 0 Å². The van der Waals surface area contributed by atoms with E-state index in [1.165, 1.54) is 12.2 Å². The van der Waals surface area contributed by atoms with E-state index < -0.39 is 5.83 Å². The number of hydrogen-bond acceptors (Lipinski definition) is 1. The highest BCUT2D eigenvalue weighted by atomic mass is 19.1. The van der Waals surface area contributed by atoms with Crippen molar-refractivity contribution in [2.24, 2.45) is 0 Å². The Labute approximate surface area is 66.2 Å². The van der Waals surface area contributed by atoms with Crippen LogP contribution >= 0.6 is 0 Å². The Morgan fingerprint density at radius 1 is 1.36 bits per heavy atom. The maximum absolute atomic E-state index is 12.0. The summed E-state index contributed by atoms with van der Waals surface area (Å²) in [7, 11) is 0. The predicted octanol–water partition coefficient (Wildman–Crippen LogP) is 2.74. The smallest absolute Gasteiger partial charge is 0.116 e. The van der Waals surface area contributed by atoms with E-state index in [1.807, 2.05) is 0 Å². The standard InChI is InChI=1S/C9H11FO/c1-4-7-11-9(3)6-5-8(2)10/h4-6H,1-3,7H2/b6-5-. The third-order valence-electron chi connectivity index (χ3n) is 0.837. The van der Waals surface area contributed by atoms with E-state index >= 15 is 0 Å². The summed E-state index contributed by atoms with van der Waals surface area (Å²) in [5, 5.41) is 0. The van der Waals surface area contributed by atoms with Gasteiger partial charge in [-0.15, -0.1) is 0 Å². The van der Waals surface area contributed by atoms with Crippen LogP contribution in [0.4, 0.5) is 4.39 Å². The van der Waals surface area contributed by atoms with Crippen LogP contribution in [0, 0.1) is 0 Å². The van der Waals surface area contributed by atoms with Crippen molar-refractivity contribution in [2.75, 3.05) is 6.61 Å². The van der Waals surface area contributed by atoms with Gasteiger partial charge in [0.15, 0.2) is 0 Å². The summed E-state index contributed by atoms with van der Waals surface area (Å²) in [6.45, 7) is 10.4. The second-order valence-corrected chi connectivity index (χ2v) is 1.85. The molecule has 0 fully saturated rings. The van der Waals surface area contributed by atoms with Crippen molar-refractivity contribution in [1.29, 1.82) is 0 Å². The molecular formula is C9H11FO. The van der Waals surface area contributed by atoms with Crippen LogP contribution in [0.15, 0.2) is 49.6 Å². The normalized spacial score (nSPS) is 9.55. The van der Waals surface area contributed by atoms with Gasteiger partial charge in [-0.25, -0.2) is 4.39 Å². The molecule has 0 unspecified atom stereocenters. The molecule has 2 heteroatoms. The Hall–Kier alpha value is -1.31. The summed E-state index contributed by atoms with van der Waals surface area (Å²) in [6, 6.07) is 0. The average molecular weight is 154 g/mol. The van der Waals surface area contributed by atoms with Crippen molar-refractivity contribution in [3.05, 3.63) is 49.6 Å². The molecule has 0 aromatic carbocycles. The Morgan fingerprint density at radius 3 is 2.45 bits per heavy atom. The van der Waals surface area contributed by atoms with Gasteiger partial charge in [-0.3, -0.25) is 0 Å². The van der Waals surface area contributed by atoms with Crippen LogP contribution in [0.25, 0.3) is 0 Å². The van der Waals surface area contributed by atoms with Gasteiger partial charge in [0.05, 0.1) is 0 Å². The van der Waals surface area contributed by atoms with Crippen LogP contribution in [0.1, 0.15) is 0 Å². The molecule has 0 rings (SSSR count). The second-order valence-electron chi connectivity index (χ2n) is 1.85. The van der Waals surface area contributed by atoms with E-state index in [0.29, 0.717) is 12.4 Å². The fourth-order valence-corrected chi connectivity index (χ4v) is 0.397. The third-order valence-corrected chi connectivity index (χ3v) is 0.837. The molecule has 0 heterocycles. The van der Waals surface area contributed by atoms with E-state index in [2.05, 4.69) is 19.7 Å². The first-order chi connectivity index (χ1) is 5.16. The van der Waals surface area contributed by atoms with Gasteiger partial charge >= 0.3 is 0 Å². The fraction of sp³-hybridized carbons (Fsp3) is 0.111. The van der Waals surface area contributed by atoms with Gasteiger partial charge < -0.3 is 4.74 Å². The zero-order chi connectivity index (χ0) is 8.69. The van der Waals surface area contributed by atoms with Crippen molar-refractivity contribution in [1.82, 2.24) is 0 Å². The number of hydrogen-bond donors (Lipinski definition) is 0. The lowest BCUT2D eigenvalue weighted by Crippen LogP contribution is -1.86. The first kappa shape index (κ1) is 9.69. The Morgan fingerprint density at radius 2 is 2.00 bits per heavy atom. The summed E-state index contributed by atoms with van der Waals surface area (Å²) in [5.74, 6) is -0.128. The maximum Gasteiger partial charge on any atom is 0.116 e. The number of rotatable bonds is 5. The lowest BCUT2D eigenvalue weighted by molar-refractivity contribution is 0.263. The van der Waals surface area contributed by atoms with E-state index in [1.54, 1.807) is 6.08 Å². The minimum absolute atomic E-state index is 0.377. The SMILES string of the molecule is C=CCOC(=C)/C=C\C(=C)F. The molecule has 11 heavy (non-hydrogen) atoms. The molecule has 0 saturated heterocycles. The largest absolute Gasteiger partial charge is 0.490 e. The zero-order valence-electron chi connectivity index (χ0n) is 6.35. The molecule has 0 radical (unpaired) electrons. The van der Waals surface area contributed by atoms with E-state index in [9.17, 15) is 4.39 Å². The Bertz CT molecular complexity index is 192. The van der Waals surface area contributed by atoms with Crippen LogP contribution in [-0.2, 0) is 4.74 Å². The summed E-state index contributed by atoms with van der Waals surface area (Å²) < 4.78 is 16.9. The minimum atomic E-state index is -0.520. The van der Waals surface area contributed by atoms with Crippen molar-refractivity contribution >= 4 is 0 Å². The maximum atomic E-state index is 12.0. The number of ether oxygens (including phenoxy) is 1. The van der Waals surface area contributed by atoms with Crippen LogP contribution in [-0.4, -0.2) is 6.61 Å². The van der Waals surface area contributed by atoms with E-state index in [0.717, 1.165) is 0 Å². The molecule has 0 aromatic rings. The molecule has 0 atom stereocenters. The van der Waals surface area contributed by atoms with E-state index in [4.69, 9.17) is 4.74 Å². The van der Waals surface area contributed by atoms with Crippen LogP contribution < -0.4 is 0 Å². The highest BCUT2D eigenvalue weighted by Gasteiger charge is 1.85. The lowest BCUT2D eigenvalue weighted by Gasteiger charge is -1.99. The lowest BCUT2D eigenvalue weighted by atomic mass is 10.4. The van der Waals surface area contributed by atoms with Crippen LogP contribution in [0.3, 0.4) is 0 Å². The molecule has 0 aliphatic heterocycles. The Kier molecular flexibility index (Phi) is 4.82. The highest BCUT2D eigenvalue weighted by Crippen LogP contribution is 2.00. The molecule has 60 valence electrons. The average Bonchev–Trinajstić information content (AvgIpc) is 1.97. The molecule has 0 aliphatic carbocycles. The van der Waals surface area contributed by atoms with Crippen molar-refractivity contribution < 1.29 is 9.13 Å². The highest BCUT2D eigenvalue weighted by molar-refractivity contribution is 5.16. The molecule has 0 amide bonds. The van der Waals surface area contributed by atoms with Gasteiger partial charge in [0.25, 0.3) is 0 Å². The quantitative estimate of drug-likeness (QED) is 0.336.